The number of nitriles is 1. The van der Waals surface area contributed by atoms with E-state index in [2.05, 4.69) is 21.1 Å². The lowest BCUT2D eigenvalue weighted by atomic mass is 10.0. The second kappa shape index (κ2) is 7.22. The number of rotatable bonds is 4. The standard InChI is InChI=1S/C22H17N5/c1-16-5-6-20(14-23)22(25-16)19-4-2-3-18(13-19)21-9-12-27(26-21)15-17-7-10-24-11-8-17/h2-13H,15H2,1H3. The maximum absolute atomic E-state index is 9.39. The Bertz CT molecular complexity index is 1120. The van der Waals surface area contributed by atoms with Crippen molar-refractivity contribution in [2.75, 3.05) is 0 Å². The van der Waals surface area contributed by atoms with Crippen molar-refractivity contribution in [2.24, 2.45) is 0 Å². The number of aromatic nitrogens is 4. The van der Waals surface area contributed by atoms with Crippen molar-refractivity contribution >= 4 is 0 Å². The molecule has 5 nitrogen and oxygen atoms in total. The second-order valence-corrected chi connectivity index (χ2v) is 6.30. The minimum atomic E-state index is 0.570. The summed E-state index contributed by atoms with van der Waals surface area (Å²) < 4.78 is 1.91. The van der Waals surface area contributed by atoms with Crippen LogP contribution in [-0.4, -0.2) is 19.7 Å². The Morgan fingerprint density at radius 3 is 2.63 bits per heavy atom. The highest BCUT2D eigenvalue weighted by Gasteiger charge is 2.10. The molecular weight excluding hydrogens is 334 g/mol. The number of benzene rings is 1. The molecule has 0 spiro atoms. The second-order valence-electron chi connectivity index (χ2n) is 6.30. The summed E-state index contributed by atoms with van der Waals surface area (Å²) >= 11 is 0. The van der Waals surface area contributed by atoms with Gasteiger partial charge in [-0.15, -0.1) is 0 Å². The number of aryl methyl sites for hydroxylation is 1. The molecule has 0 bridgehead atoms. The zero-order valence-electron chi connectivity index (χ0n) is 14.9. The van der Waals surface area contributed by atoms with E-state index < -0.39 is 0 Å². The van der Waals surface area contributed by atoms with Gasteiger partial charge >= 0.3 is 0 Å². The van der Waals surface area contributed by atoms with E-state index in [0.717, 1.165) is 28.1 Å². The number of pyridine rings is 2. The summed E-state index contributed by atoms with van der Waals surface area (Å²) in [4.78, 5) is 8.60. The van der Waals surface area contributed by atoms with Gasteiger partial charge < -0.3 is 0 Å². The van der Waals surface area contributed by atoms with E-state index >= 15 is 0 Å². The maximum atomic E-state index is 9.39. The number of nitrogens with zero attached hydrogens (tertiary/aromatic N) is 5. The summed E-state index contributed by atoms with van der Waals surface area (Å²) in [7, 11) is 0. The first-order valence-corrected chi connectivity index (χ1v) is 8.64. The molecule has 1 aromatic carbocycles. The van der Waals surface area contributed by atoms with E-state index in [1.54, 1.807) is 12.4 Å². The number of hydrogen-bond donors (Lipinski definition) is 0. The lowest BCUT2D eigenvalue weighted by molar-refractivity contribution is 0.688. The topological polar surface area (TPSA) is 67.4 Å². The Morgan fingerprint density at radius 1 is 1.00 bits per heavy atom. The first kappa shape index (κ1) is 16.7. The molecule has 5 heteroatoms. The van der Waals surface area contributed by atoms with E-state index in [1.807, 2.05) is 72.4 Å². The van der Waals surface area contributed by atoms with Gasteiger partial charge in [-0.2, -0.15) is 10.4 Å². The Labute approximate surface area is 157 Å². The minimum absolute atomic E-state index is 0.570. The summed E-state index contributed by atoms with van der Waals surface area (Å²) in [6.07, 6.45) is 5.53. The fourth-order valence-corrected chi connectivity index (χ4v) is 2.97. The third-order valence-corrected chi connectivity index (χ3v) is 4.32. The van der Waals surface area contributed by atoms with Crippen LogP contribution in [0.4, 0.5) is 0 Å². The van der Waals surface area contributed by atoms with Crippen molar-refractivity contribution < 1.29 is 0 Å². The molecule has 0 aliphatic carbocycles. The van der Waals surface area contributed by atoms with E-state index in [-0.39, 0.29) is 0 Å². The summed E-state index contributed by atoms with van der Waals surface area (Å²) in [5, 5.41) is 14.1. The lowest BCUT2D eigenvalue weighted by Gasteiger charge is -2.06. The van der Waals surface area contributed by atoms with Gasteiger partial charge in [0, 0.05) is 35.4 Å². The first-order valence-electron chi connectivity index (χ1n) is 8.64. The molecule has 0 N–H and O–H groups in total. The molecule has 0 aliphatic heterocycles. The van der Waals surface area contributed by atoms with Gasteiger partial charge in [0.1, 0.15) is 6.07 Å². The third kappa shape index (κ3) is 3.60. The molecule has 3 heterocycles. The van der Waals surface area contributed by atoms with Crippen LogP contribution < -0.4 is 0 Å². The van der Waals surface area contributed by atoms with Crippen molar-refractivity contribution in [2.45, 2.75) is 13.5 Å². The molecule has 0 radical (unpaired) electrons. The molecule has 0 atom stereocenters. The van der Waals surface area contributed by atoms with E-state index in [9.17, 15) is 5.26 Å². The lowest BCUT2D eigenvalue weighted by Crippen LogP contribution is -2.00. The molecule has 27 heavy (non-hydrogen) atoms. The summed E-state index contributed by atoms with van der Waals surface area (Å²) in [6, 6.07) is 19.8. The Balaban J connectivity index is 1.66. The van der Waals surface area contributed by atoms with Crippen molar-refractivity contribution in [3.63, 3.8) is 0 Å². The van der Waals surface area contributed by atoms with Gasteiger partial charge in [0.25, 0.3) is 0 Å². The zero-order valence-corrected chi connectivity index (χ0v) is 14.9. The van der Waals surface area contributed by atoms with Gasteiger partial charge in [-0.3, -0.25) is 14.6 Å². The SMILES string of the molecule is Cc1ccc(C#N)c(-c2cccc(-c3ccn(Cc4ccncc4)n3)c2)n1. The predicted octanol–water partition coefficient (Wildman–Crippen LogP) is 4.24. The van der Waals surface area contributed by atoms with E-state index in [1.165, 1.54) is 0 Å². The van der Waals surface area contributed by atoms with E-state index in [0.29, 0.717) is 17.8 Å². The van der Waals surface area contributed by atoms with Crippen molar-refractivity contribution in [1.82, 2.24) is 19.7 Å². The molecule has 0 saturated heterocycles. The largest absolute Gasteiger partial charge is 0.268 e. The highest BCUT2D eigenvalue weighted by Crippen LogP contribution is 2.26. The minimum Gasteiger partial charge on any atom is -0.268 e. The molecule has 4 aromatic rings. The molecule has 4 rings (SSSR count). The van der Waals surface area contributed by atoms with Crippen LogP contribution in [0.5, 0.6) is 0 Å². The van der Waals surface area contributed by atoms with Crippen LogP contribution in [0, 0.1) is 18.3 Å². The van der Waals surface area contributed by atoms with Crippen molar-refractivity contribution in [3.8, 4) is 28.6 Å². The normalized spacial score (nSPS) is 10.5. The zero-order chi connectivity index (χ0) is 18.6. The third-order valence-electron chi connectivity index (χ3n) is 4.32. The van der Waals surface area contributed by atoms with Crippen LogP contribution in [-0.2, 0) is 6.54 Å². The summed E-state index contributed by atoms with van der Waals surface area (Å²) in [6.45, 7) is 2.62. The smallest absolute Gasteiger partial charge is 0.101 e. The Kier molecular flexibility index (Phi) is 4.46. The Hall–Kier alpha value is -3.78. The highest BCUT2D eigenvalue weighted by molar-refractivity contribution is 5.72. The monoisotopic (exact) mass is 351 g/mol. The van der Waals surface area contributed by atoms with Crippen LogP contribution in [0.1, 0.15) is 16.8 Å². The molecular formula is C22H17N5. The van der Waals surface area contributed by atoms with Crippen LogP contribution in [0.15, 0.2) is 73.2 Å². The molecule has 0 fully saturated rings. The average Bonchev–Trinajstić information content (AvgIpc) is 3.17. The van der Waals surface area contributed by atoms with E-state index in [4.69, 9.17) is 0 Å². The van der Waals surface area contributed by atoms with Crippen LogP contribution >= 0.6 is 0 Å². The number of hydrogen-bond acceptors (Lipinski definition) is 4. The van der Waals surface area contributed by atoms with Gasteiger partial charge in [-0.05, 0) is 48.9 Å². The maximum Gasteiger partial charge on any atom is 0.101 e. The Morgan fingerprint density at radius 2 is 1.81 bits per heavy atom. The summed E-state index contributed by atoms with van der Waals surface area (Å²) in [5.41, 5.74) is 6.10. The highest BCUT2D eigenvalue weighted by atomic mass is 15.3. The molecule has 0 saturated carbocycles. The van der Waals surface area contributed by atoms with Crippen LogP contribution in [0.25, 0.3) is 22.5 Å². The fraction of sp³-hybridized carbons (Fsp3) is 0.0909. The van der Waals surface area contributed by atoms with Gasteiger partial charge in [0.05, 0.1) is 23.5 Å². The quantitative estimate of drug-likeness (QED) is 0.552. The fourth-order valence-electron chi connectivity index (χ4n) is 2.97. The molecule has 0 aliphatic rings. The van der Waals surface area contributed by atoms with Crippen molar-refractivity contribution in [1.29, 1.82) is 5.26 Å². The first-order chi connectivity index (χ1) is 13.2. The van der Waals surface area contributed by atoms with Gasteiger partial charge in [0.15, 0.2) is 0 Å². The average molecular weight is 351 g/mol. The van der Waals surface area contributed by atoms with Gasteiger partial charge in [0.2, 0.25) is 0 Å². The molecule has 0 unspecified atom stereocenters. The van der Waals surface area contributed by atoms with Crippen LogP contribution in [0.2, 0.25) is 0 Å². The van der Waals surface area contributed by atoms with Crippen LogP contribution in [0.3, 0.4) is 0 Å². The molecule has 0 amide bonds. The molecule has 130 valence electrons. The predicted molar refractivity (Wildman–Crippen MR) is 104 cm³/mol. The molecule has 3 aromatic heterocycles. The van der Waals surface area contributed by atoms with Gasteiger partial charge in [-0.25, -0.2) is 0 Å². The van der Waals surface area contributed by atoms with Gasteiger partial charge in [-0.1, -0.05) is 18.2 Å². The summed E-state index contributed by atoms with van der Waals surface area (Å²) in [5.74, 6) is 0. The van der Waals surface area contributed by atoms with Crippen molar-refractivity contribution in [3.05, 3.63) is 90.0 Å².